The minimum Gasteiger partial charge on any atom is -0.497 e. The van der Waals surface area contributed by atoms with Gasteiger partial charge in [0.15, 0.2) is 6.10 Å². The van der Waals surface area contributed by atoms with E-state index in [0.717, 1.165) is 16.3 Å². The van der Waals surface area contributed by atoms with Crippen molar-refractivity contribution in [3.05, 3.63) is 24.3 Å². The Balaban J connectivity index is 1.85. The molecule has 0 bridgehead atoms. The molecule has 1 saturated heterocycles. The summed E-state index contributed by atoms with van der Waals surface area (Å²) in [6.07, 6.45) is -6.76. The second-order valence-electron chi connectivity index (χ2n) is 5.20. The van der Waals surface area contributed by atoms with Gasteiger partial charge in [-0.3, -0.25) is 0 Å². The number of rotatable bonds is 4. The van der Waals surface area contributed by atoms with E-state index in [2.05, 4.69) is 4.90 Å². The fraction of sp³-hybridized carbons (Fsp3) is 0.571. The molecule has 118 valence electrons. The van der Waals surface area contributed by atoms with Gasteiger partial charge in [-0.05, 0) is 24.3 Å². The van der Waals surface area contributed by atoms with Crippen LogP contribution < -0.4 is 14.5 Å². The van der Waals surface area contributed by atoms with Crippen LogP contribution in [0.4, 0.5) is 18.9 Å². The predicted molar refractivity (Wildman–Crippen MR) is 72.8 cm³/mol. The standard InChI is InChI=1S/C14H19F3N2O2/c1-21-12-4-2-11(3-5-12)19-8-6-18(7-9-19)10-13(20)14(15,16)17/h2-5,13,20H,6-10H2,1H3/p+1/t13-/m0/s1. The molecule has 0 aliphatic carbocycles. The van der Waals surface area contributed by atoms with Crippen molar-refractivity contribution >= 4 is 5.69 Å². The summed E-state index contributed by atoms with van der Waals surface area (Å²) in [6, 6.07) is 7.60. The number of anilines is 1. The lowest BCUT2D eigenvalue weighted by Crippen LogP contribution is -3.16. The number of aliphatic hydroxyl groups is 1. The highest BCUT2D eigenvalue weighted by Crippen LogP contribution is 2.20. The first-order valence-corrected chi connectivity index (χ1v) is 6.87. The molecular weight excluding hydrogens is 285 g/mol. The van der Waals surface area contributed by atoms with Crippen molar-refractivity contribution in [2.24, 2.45) is 0 Å². The van der Waals surface area contributed by atoms with E-state index in [4.69, 9.17) is 9.84 Å². The molecule has 7 heteroatoms. The fourth-order valence-corrected chi connectivity index (χ4v) is 2.47. The van der Waals surface area contributed by atoms with Gasteiger partial charge in [0.1, 0.15) is 12.3 Å². The highest BCUT2D eigenvalue weighted by Gasteiger charge is 2.41. The Bertz CT molecular complexity index is 443. The second-order valence-corrected chi connectivity index (χ2v) is 5.20. The Morgan fingerprint density at radius 3 is 2.29 bits per heavy atom. The molecule has 1 heterocycles. The van der Waals surface area contributed by atoms with Crippen molar-refractivity contribution < 1.29 is 27.9 Å². The van der Waals surface area contributed by atoms with E-state index in [1.807, 2.05) is 24.3 Å². The highest BCUT2D eigenvalue weighted by molar-refractivity contribution is 5.49. The maximum absolute atomic E-state index is 12.3. The van der Waals surface area contributed by atoms with Crippen molar-refractivity contribution in [1.29, 1.82) is 0 Å². The van der Waals surface area contributed by atoms with E-state index < -0.39 is 12.3 Å². The van der Waals surface area contributed by atoms with Crippen molar-refractivity contribution in [2.75, 3.05) is 44.7 Å². The number of nitrogens with zero attached hydrogens (tertiary/aromatic N) is 1. The number of aliphatic hydroxyl groups excluding tert-OH is 1. The maximum Gasteiger partial charge on any atom is 0.419 e. The molecule has 0 unspecified atom stereocenters. The zero-order valence-electron chi connectivity index (χ0n) is 11.9. The van der Waals surface area contributed by atoms with Crippen LogP contribution in [0.2, 0.25) is 0 Å². The van der Waals surface area contributed by atoms with E-state index >= 15 is 0 Å². The van der Waals surface area contributed by atoms with Gasteiger partial charge in [-0.2, -0.15) is 13.2 Å². The van der Waals surface area contributed by atoms with Crippen LogP contribution in [0.15, 0.2) is 24.3 Å². The Morgan fingerprint density at radius 2 is 1.81 bits per heavy atom. The molecule has 1 aromatic carbocycles. The van der Waals surface area contributed by atoms with Crippen LogP contribution in [0.1, 0.15) is 0 Å². The van der Waals surface area contributed by atoms with Gasteiger partial charge in [-0.25, -0.2) is 0 Å². The van der Waals surface area contributed by atoms with Crippen LogP contribution in [-0.4, -0.2) is 57.2 Å². The number of alkyl halides is 3. The van der Waals surface area contributed by atoms with E-state index in [-0.39, 0.29) is 6.54 Å². The van der Waals surface area contributed by atoms with E-state index in [1.54, 1.807) is 7.11 Å². The number of methoxy groups -OCH3 is 1. The molecule has 0 spiro atoms. The summed E-state index contributed by atoms with van der Waals surface area (Å²) in [6.45, 7) is 2.23. The molecular formula is C14H20F3N2O2+. The van der Waals surface area contributed by atoms with Crippen LogP contribution in [0.3, 0.4) is 0 Å². The summed E-state index contributed by atoms with van der Waals surface area (Å²) in [5.74, 6) is 0.774. The molecule has 1 aromatic rings. The molecule has 4 nitrogen and oxygen atoms in total. The third-order valence-corrected chi connectivity index (χ3v) is 3.77. The molecule has 1 fully saturated rings. The summed E-state index contributed by atoms with van der Waals surface area (Å²) < 4.78 is 42.1. The second kappa shape index (κ2) is 6.53. The number of benzene rings is 1. The first-order valence-electron chi connectivity index (χ1n) is 6.87. The lowest BCUT2D eigenvalue weighted by molar-refractivity contribution is -0.905. The van der Waals surface area contributed by atoms with Gasteiger partial charge in [-0.15, -0.1) is 0 Å². The molecule has 2 N–H and O–H groups in total. The lowest BCUT2D eigenvalue weighted by atomic mass is 10.2. The Morgan fingerprint density at radius 1 is 1.24 bits per heavy atom. The van der Waals surface area contributed by atoms with Crippen LogP contribution >= 0.6 is 0 Å². The Hall–Kier alpha value is -1.47. The van der Waals surface area contributed by atoms with E-state index in [9.17, 15) is 13.2 Å². The Kier molecular flexibility index (Phi) is 4.95. The van der Waals surface area contributed by atoms with Crippen LogP contribution in [0.25, 0.3) is 0 Å². The number of quaternary nitrogens is 1. The number of nitrogens with one attached hydrogen (secondary N) is 1. The summed E-state index contributed by atoms with van der Waals surface area (Å²) in [4.78, 5) is 2.91. The molecule has 0 saturated carbocycles. The van der Waals surface area contributed by atoms with Gasteiger partial charge in [0, 0.05) is 5.69 Å². The number of hydrogen-bond donors (Lipinski definition) is 2. The molecule has 0 amide bonds. The zero-order chi connectivity index (χ0) is 15.5. The molecule has 2 rings (SSSR count). The van der Waals surface area contributed by atoms with Crippen LogP contribution in [0, 0.1) is 0 Å². The van der Waals surface area contributed by atoms with Gasteiger partial charge < -0.3 is 19.6 Å². The van der Waals surface area contributed by atoms with Crippen molar-refractivity contribution in [1.82, 2.24) is 0 Å². The summed E-state index contributed by atoms with van der Waals surface area (Å²) in [7, 11) is 1.60. The van der Waals surface area contributed by atoms with Gasteiger partial charge >= 0.3 is 6.18 Å². The minimum atomic E-state index is -4.53. The zero-order valence-corrected chi connectivity index (χ0v) is 11.9. The van der Waals surface area contributed by atoms with E-state index in [1.165, 1.54) is 0 Å². The third kappa shape index (κ3) is 4.25. The van der Waals surface area contributed by atoms with Crippen LogP contribution in [-0.2, 0) is 0 Å². The molecule has 0 radical (unpaired) electrons. The predicted octanol–water partition coefficient (Wildman–Crippen LogP) is 0.323. The quantitative estimate of drug-likeness (QED) is 0.841. The lowest BCUT2D eigenvalue weighted by Gasteiger charge is -2.34. The first kappa shape index (κ1) is 15.9. The van der Waals surface area contributed by atoms with Crippen molar-refractivity contribution in [3.63, 3.8) is 0 Å². The van der Waals surface area contributed by atoms with Gasteiger partial charge in [0.25, 0.3) is 0 Å². The summed E-state index contributed by atoms with van der Waals surface area (Å²) in [5, 5.41) is 9.11. The average Bonchev–Trinajstić information content (AvgIpc) is 2.47. The van der Waals surface area contributed by atoms with Crippen molar-refractivity contribution in [2.45, 2.75) is 12.3 Å². The first-order chi connectivity index (χ1) is 9.90. The average molecular weight is 305 g/mol. The molecule has 1 atom stereocenters. The van der Waals surface area contributed by atoms with Gasteiger partial charge in [0.2, 0.25) is 0 Å². The number of ether oxygens (including phenoxy) is 1. The molecule has 1 aliphatic rings. The maximum atomic E-state index is 12.3. The van der Waals surface area contributed by atoms with Gasteiger partial charge in [-0.1, -0.05) is 0 Å². The largest absolute Gasteiger partial charge is 0.497 e. The topological polar surface area (TPSA) is 37.1 Å². The third-order valence-electron chi connectivity index (χ3n) is 3.77. The highest BCUT2D eigenvalue weighted by atomic mass is 19.4. The smallest absolute Gasteiger partial charge is 0.419 e. The molecule has 0 aromatic heterocycles. The number of hydrogen-bond acceptors (Lipinski definition) is 3. The van der Waals surface area contributed by atoms with Crippen molar-refractivity contribution in [3.8, 4) is 5.75 Å². The normalized spacial score (nSPS) is 18.6. The fourth-order valence-electron chi connectivity index (χ4n) is 2.47. The monoisotopic (exact) mass is 305 g/mol. The molecule has 21 heavy (non-hydrogen) atoms. The Labute approximate surface area is 121 Å². The van der Waals surface area contributed by atoms with Gasteiger partial charge in [0.05, 0.1) is 33.3 Å². The molecule has 1 aliphatic heterocycles. The number of piperazine rings is 1. The van der Waals surface area contributed by atoms with Crippen LogP contribution in [0.5, 0.6) is 5.75 Å². The number of halogens is 3. The van der Waals surface area contributed by atoms with E-state index in [0.29, 0.717) is 26.2 Å². The minimum absolute atomic E-state index is 0.278. The SMILES string of the molecule is COc1ccc(N2CC[NH+](C[C@H](O)C(F)(F)F)CC2)cc1. The summed E-state index contributed by atoms with van der Waals surface area (Å²) >= 11 is 0. The summed E-state index contributed by atoms with van der Waals surface area (Å²) in [5.41, 5.74) is 1.03.